The molecule has 0 bridgehead atoms. The molecule has 0 aliphatic carbocycles. The molecule has 2 N–H and O–H groups in total. The Balaban J connectivity index is 1.74. The molecule has 0 unspecified atom stereocenters. The Labute approximate surface area is 114 Å². The number of nitrogens with zero attached hydrogens (tertiary/aromatic N) is 2. The van der Waals surface area contributed by atoms with Gasteiger partial charge < -0.3 is 10.6 Å². The highest BCUT2D eigenvalue weighted by atomic mass is 32.1. The summed E-state index contributed by atoms with van der Waals surface area (Å²) in [6, 6.07) is 0. The number of nitrogen functional groups attached to an aromatic ring is 1. The first-order chi connectivity index (χ1) is 8.45. The van der Waals surface area contributed by atoms with Crippen LogP contribution in [0.25, 0.3) is 0 Å². The van der Waals surface area contributed by atoms with Crippen molar-refractivity contribution in [3.63, 3.8) is 0 Å². The number of hydrogen-bond donors (Lipinski definition) is 1. The van der Waals surface area contributed by atoms with Crippen LogP contribution in [0.5, 0.6) is 0 Å². The fraction of sp³-hybridized carbons (Fsp3) is 0.786. The van der Waals surface area contributed by atoms with Crippen LogP contribution in [0.4, 0.5) is 5.13 Å². The van der Waals surface area contributed by atoms with Crippen LogP contribution in [-0.4, -0.2) is 29.5 Å². The SMILES string of the molecule is CC(C)(C)C1CCN(CCc2csc(N)n2)CC1. The van der Waals surface area contributed by atoms with E-state index in [1.807, 2.05) is 0 Å². The summed E-state index contributed by atoms with van der Waals surface area (Å²) in [5, 5.41) is 2.77. The van der Waals surface area contributed by atoms with Crippen molar-refractivity contribution in [1.82, 2.24) is 9.88 Å². The van der Waals surface area contributed by atoms with Crippen LogP contribution in [0.3, 0.4) is 0 Å². The molecule has 1 fully saturated rings. The second-order valence-electron chi connectivity index (χ2n) is 6.41. The van der Waals surface area contributed by atoms with E-state index >= 15 is 0 Å². The maximum Gasteiger partial charge on any atom is 0.180 e. The highest BCUT2D eigenvalue weighted by Crippen LogP contribution is 2.34. The molecule has 0 atom stereocenters. The van der Waals surface area contributed by atoms with E-state index in [0.717, 1.165) is 24.6 Å². The minimum absolute atomic E-state index is 0.468. The van der Waals surface area contributed by atoms with Gasteiger partial charge in [0.15, 0.2) is 5.13 Å². The predicted octanol–water partition coefficient (Wildman–Crippen LogP) is 3.03. The lowest BCUT2D eigenvalue weighted by Crippen LogP contribution is -2.38. The third-order valence-electron chi connectivity index (χ3n) is 4.07. The average Bonchev–Trinajstić information content (AvgIpc) is 2.72. The van der Waals surface area contributed by atoms with Crippen molar-refractivity contribution in [2.75, 3.05) is 25.4 Å². The van der Waals surface area contributed by atoms with Crippen LogP contribution in [0.1, 0.15) is 39.3 Å². The van der Waals surface area contributed by atoms with Crippen molar-refractivity contribution >= 4 is 16.5 Å². The minimum Gasteiger partial charge on any atom is -0.375 e. The van der Waals surface area contributed by atoms with E-state index in [2.05, 4.69) is 36.0 Å². The summed E-state index contributed by atoms with van der Waals surface area (Å²) in [6.07, 6.45) is 3.71. The zero-order valence-corrected chi connectivity index (χ0v) is 12.6. The van der Waals surface area contributed by atoms with Gasteiger partial charge in [0.2, 0.25) is 0 Å². The van der Waals surface area contributed by atoms with Crippen LogP contribution in [0.2, 0.25) is 0 Å². The number of hydrogen-bond acceptors (Lipinski definition) is 4. The van der Waals surface area contributed by atoms with E-state index in [-0.39, 0.29) is 0 Å². The number of piperidine rings is 1. The molecule has 0 spiro atoms. The van der Waals surface area contributed by atoms with E-state index in [1.54, 1.807) is 11.3 Å². The summed E-state index contributed by atoms with van der Waals surface area (Å²) in [5.74, 6) is 0.878. The zero-order valence-electron chi connectivity index (χ0n) is 11.8. The Morgan fingerprint density at radius 1 is 1.39 bits per heavy atom. The zero-order chi connectivity index (χ0) is 13.2. The Morgan fingerprint density at radius 3 is 2.56 bits per heavy atom. The second-order valence-corrected chi connectivity index (χ2v) is 7.30. The Hall–Kier alpha value is -0.610. The van der Waals surface area contributed by atoms with E-state index in [4.69, 9.17) is 5.73 Å². The number of nitrogens with two attached hydrogens (primary N) is 1. The van der Waals surface area contributed by atoms with E-state index in [0.29, 0.717) is 10.5 Å². The lowest BCUT2D eigenvalue weighted by molar-refractivity contribution is 0.113. The van der Waals surface area contributed by atoms with Gasteiger partial charge in [-0.2, -0.15) is 0 Å². The minimum atomic E-state index is 0.468. The Kier molecular flexibility index (Phi) is 4.28. The third-order valence-corrected chi connectivity index (χ3v) is 4.79. The maximum atomic E-state index is 5.65. The Bertz CT molecular complexity index is 373. The fourth-order valence-electron chi connectivity index (χ4n) is 2.73. The maximum absolute atomic E-state index is 5.65. The molecule has 1 aromatic heterocycles. The number of thiazole rings is 1. The molecule has 18 heavy (non-hydrogen) atoms. The van der Waals surface area contributed by atoms with Gasteiger partial charge in [-0.05, 0) is 37.3 Å². The molecule has 1 aliphatic heterocycles. The molecule has 2 rings (SSSR count). The van der Waals surface area contributed by atoms with Crippen LogP contribution in [-0.2, 0) is 6.42 Å². The summed E-state index contributed by atoms with van der Waals surface area (Å²) >= 11 is 1.54. The van der Waals surface area contributed by atoms with Crippen molar-refractivity contribution in [2.45, 2.75) is 40.0 Å². The van der Waals surface area contributed by atoms with Crippen molar-refractivity contribution in [3.05, 3.63) is 11.1 Å². The van der Waals surface area contributed by atoms with Gasteiger partial charge in [-0.25, -0.2) is 4.98 Å². The molecule has 0 aromatic carbocycles. The number of anilines is 1. The normalized spacial score (nSPS) is 19.3. The van der Waals surface area contributed by atoms with Gasteiger partial charge in [-0.15, -0.1) is 11.3 Å². The number of aromatic nitrogens is 1. The molecule has 0 saturated carbocycles. The summed E-state index contributed by atoms with van der Waals surface area (Å²) in [6.45, 7) is 10.7. The number of likely N-dealkylation sites (tertiary alicyclic amines) is 1. The fourth-order valence-corrected chi connectivity index (χ4v) is 3.33. The van der Waals surface area contributed by atoms with Crippen molar-refractivity contribution in [2.24, 2.45) is 11.3 Å². The topological polar surface area (TPSA) is 42.1 Å². The predicted molar refractivity (Wildman–Crippen MR) is 78.8 cm³/mol. The van der Waals surface area contributed by atoms with Gasteiger partial charge in [0.25, 0.3) is 0 Å². The first-order valence-electron chi connectivity index (χ1n) is 6.87. The van der Waals surface area contributed by atoms with Gasteiger partial charge >= 0.3 is 0 Å². The highest BCUT2D eigenvalue weighted by molar-refractivity contribution is 7.13. The summed E-state index contributed by atoms with van der Waals surface area (Å²) in [4.78, 5) is 6.89. The first-order valence-corrected chi connectivity index (χ1v) is 7.75. The lowest BCUT2D eigenvalue weighted by Gasteiger charge is -2.38. The summed E-state index contributed by atoms with van der Waals surface area (Å²) < 4.78 is 0. The van der Waals surface area contributed by atoms with Gasteiger partial charge in [0.1, 0.15) is 0 Å². The van der Waals surface area contributed by atoms with Crippen molar-refractivity contribution in [3.8, 4) is 0 Å². The molecule has 4 heteroatoms. The van der Waals surface area contributed by atoms with Gasteiger partial charge in [-0.3, -0.25) is 0 Å². The van der Waals surface area contributed by atoms with Gasteiger partial charge in [-0.1, -0.05) is 20.8 Å². The van der Waals surface area contributed by atoms with Crippen LogP contribution in [0.15, 0.2) is 5.38 Å². The second kappa shape index (κ2) is 5.57. The molecule has 2 heterocycles. The van der Waals surface area contributed by atoms with Gasteiger partial charge in [0.05, 0.1) is 5.69 Å². The molecule has 0 amide bonds. The summed E-state index contributed by atoms with van der Waals surface area (Å²) in [5.41, 5.74) is 7.26. The molecule has 0 radical (unpaired) electrons. The molecule has 1 aromatic rings. The first kappa shape index (κ1) is 13.8. The quantitative estimate of drug-likeness (QED) is 0.915. The molecule has 1 saturated heterocycles. The molecule has 102 valence electrons. The monoisotopic (exact) mass is 267 g/mol. The highest BCUT2D eigenvalue weighted by Gasteiger charge is 2.28. The Morgan fingerprint density at radius 2 is 2.06 bits per heavy atom. The summed E-state index contributed by atoms with van der Waals surface area (Å²) in [7, 11) is 0. The van der Waals surface area contributed by atoms with Gasteiger partial charge in [0, 0.05) is 18.3 Å². The number of rotatable bonds is 3. The van der Waals surface area contributed by atoms with Crippen molar-refractivity contribution < 1.29 is 0 Å². The average molecular weight is 267 g/mol. The van der Waals surface area contributed by atoms with Crippen LogP contribution in [0, 0.1) is 11.3 Å². The smallest absolute Gasteiger partial charge is 0.180 e. The van der Waals surface area contributed by atoms with Crippen molar-refractivity contribution in [1.29, 1.82) is 0 Å². The van der Waals surface area contributed by atoms with E-state index in [9.17, 15) is 0 Å². The third kappa shape index (κ3) is 3.69. The van der Waals surface area contributed by atoms with Crippen LogP contribution >= 0.6 is 11.3 Å². The van der Waals surface area contributed by atoms with Crippen LogP contribution < -0.4 is 5.73 Å². The molecule has 3 nitrogen and oxygen atoms in total. The molecular formula is C14H25N3S. The molecule has 1 aliphatic rings. The standard InChI is InChI=1S/C14H25N3S/c1-14(2,3)11-4-7-17(8-5-11)9-6-12-10-18-13(15)16-12/h10-11H,4-9H2,1-3H3,(H2,15,16). The molecular weight excluding hydrogens is 242 g/mol. The largest absolute Gasteiger partial charge is 0.375 e. The van der Waals surface area contributed by atoms with E-state index in [1.165, 1.54) is 25.9 Å². The lowest BCUT2D eigenvalue weighted by atomic mass is 9.75. The van der Waals surface area contributed by atoms with E-state index < -0.39 is 0 Å².